The highest BCUT2D eigenvalue weighted by atomic mass is 35.5. The molecule has 0 saturated heterocycles. The Hall–Kier alpha value is -1.02. The summed E-state index contributed by atoms with van der Waals surface area (Å²) in [4.78, 5) is 10.7. The lowest BCUT2D eigenvalue weighted by molar-refractivity contribution is -0.143. The Morgan fingerprint density at radius 3 is 2.80 bits per heavy atom. The summed E-state index contributed by atoms with van der Waals surface area (Å²) >= 11 is 6.20. The molecular weight excluding hydrogens is 212 g/mol. The summed E-state index contributed by atoms with van der Waals surface area (Å²) in [6.07, 6.45) is 0.678. The third-order valence-corrected chi connectivity index (χ3v) is 3.28. The van der Waals surface area contributed by atoms with Gasteiger partial charge in [-0.1, -0.05) is 30.3 Å². The molecule has 0 amide bonds. The number of hydrogen-bond acceptors (Lipinski definition) is 2. The second-order valence-electron chi connectivity index (χ2n) is 3.75. The van der Waals surface area contributed by atoms with Crippen molar-refractivity contribution in [3.8, 4) is 0 Å². The Bertz CT molecular complexity index is 363. The molecule has 1 aliphatic rings. The first-order chi connectivity index (χ1) is 7.18. The van der Waals surface area contributed by atoms with Crippen molar-refractivity contribution in [1.82, 2.24) is 0 Å². The van der Waals surface area contributed by atoms with Gasteiger partial charge in [0, 0.05) is 5.92 Å². The van der Waals surface area contributed by atoms with E-state index in [0.29, 0.717) is 13.0 Å². The summed E-state index contributed by atoms with van der Waals surface area (Å²) in [7, 11) is 0. The summed E-state index contributed by atoms with van der Waals surface area (Å²) in [6.45, 7) is 2.17. The number of rotatable bonds is 3. The standard InChI is InChI=1S/C12H13ClO2/c1-2-15-11(14)12(13)8-10(12)9-6-4-3-5-7-9/h3-7,10H,2,8H2,1H3/t10-,12-/m0/s1. The van der Waals surface area contributed by atoms with Crippen LogP contribution in [0.5, 0.6) is 0 Å². The number of benzene rings is 1. The normalized spacial score (nSPS) is 28.5. The van der Waals surface area contributed by atoms with Crippen LogP contribution in [0, 0.1) is 0 Å². The van der Waals surface area contributed by atoms with Crippen LogP contribution in [-0.4, -0.2) is 17.5 Å². The Labute approximate surface area is 94.2 Å². The molecule has 2 atom stereocenters. The molecule has 1 saturated carbocycles. The number of ether oxygens (including phenoxy) is 1. The first-order valence-electron chi connectivity index (χ1n) is 5.09. The van der Waals surface area contributed by atoms with Crippen molar-refractivity contribution in [2.24, 2.45) is 0 Å². The quantitative estimate of drug-likeness (QED) is 0.583. The molecule has 0 radical (unpaired) electrons. The molecule has 0 unspecified atom stereocenters. The van der Waals surface area contributed by atoms with Crippen molar-refractivity contribution >= 4 is 17.6 Å². The molecular formula is C12H13ClO2. The van der Waals surface area contributed by atoms with Gasteiger partial charge in [-0.15, -0.1) is 11.6 Å². The van der Waals surface area contributed by atoms with Gasteiger partial charge in [-0.05, 0) is 18.9 Å². The minimum absolute atomic E-state index is 0.111. The van der Waals surface area contributed by atoms with E-state index < -0.39 is 4.87 Å². The first kappa shape index (κ1) is 10.5. The van der Waals surface area contributed by atoms with E-state index in [1.807, 2.05) is 30.3 Å². The van der Waals surface area contributed by atoms with Gasteiger partial charge in [-0.2, -0.15) is 0 Å². The summed E-state index contributed by atoms with van der Waals surface area (Å²) < 4.78 is 4.95. The van der Waals surface area contributed by atoms with Gasteiger partial charge in [0.25, 0.3) is 0 Å². The predicted octanol–water partition coefficient (Wildman–Crippen LogP) is 2.71. The highest BCUT2D eigenvalue weighted by molar-refractivity contribution is 6.37. The number of esters is 1. The maximum atomic E-state index is 11.6. The van der Waals surface area contributed by atoms with Gasteiger partial charge in [-0.25, -0.2) is 0 Å². The van der Waals surface area contributed by atoms with Crippen molar-refractivity contribution in [3.63, 3.8) is 0 Å². The molecule has 80 valence electrons. The largest absolute Gasteiger partial charge is 0.465 e. The number of halogens is 1. The minimum atomic E-state index is -0.808. The van der Waals surface area contributed by atoms with Crippen LogP contribution in [-0.2, 0) is 9.53 Å². The van der Waals surface area contributed by atoms with E-state index >= 15 is 0 Å². The average Bonchev–Trinajstić information content (AvgIpc) is 2.94. The van der Waals surface area contributed by atoms with Gasteiger partial charge in [0.2, 0.25) is 0 Å². The lowest BCUT2D eigenvalue weighted by Gasteiger charge is -2.07. The molecule has 0 aliphatic heterocycles. The highest BCUT2D eigenvalue weighted by Gasteiger charge is 2.60. The maximum absolute atomic E-state index is 11.6. The summed E-state index contributed by atoms with van der Waals surface area (Å²) in [5, 5.41) is 0. The van der Waals surface area contributed by atoms with Gasteiger partial charge in [0.05, 0.1) is 6.61 Å². The average molecular weight is 225 g/mol. The lowest BCUT2D eigenvalue weighted by atomic mass is 10.1. The summed E-state index contributed by atoms with van der Waals surface area (Å²) in [5.41, 5.74) is 1.11. The van der Waals surface area contributed by atoms with Gasteiger partial charge >= 0.3 is 5.97 Å². The van der Waals surface area contributed by atoms with Crippen molar-refractivity contribution in [2.75, 3.05) is 6.61 Å². The second-order valence-corrected chi connectivity index (χ2v) is 4.42. The van der Waals surface area contributed by atoms with E-state index in [0.717, 1.165) is 5.56 Å². The molecule has 2 nitrogen and oxygen atoms in total. The second kappa shape index (κ2) is 3.86. The van der Waals surface area contributed by atoms with E-state index in [2.05, 4.69) is 0 Å². The Balaban J connectivity index is 2.09. The molecule has 1 aromatic carbocycles. The first-order valence-corrected chi connectivity index (χ1v) is 5.47. The molecule has 1 fully saturated rings. The molecule has 0 aromatic heterocycles. The summed E-state index contributed by atoms with van der Waals surface area (Å²) in [6, 6.07) is 9.85. The molecule has 0 bridgehead atoms. The highest BCUT2D eigenvalue weighted by Crippen LogP contribution is 2.57. The molecule has 0 spiro atoms. The van der Waals surface area contributed by atoms with Crippen molar-refractivity contribution in [2.45, 2.75) is 24.1 Å². The molecule has 0 heterocycles. The van der Waals surface area contributed by atoms with Crippen LogP contribution in [0.15, 0.2) is 30.3 Å². The van der Waals surface area contributed by atoms with E-state index in [9.17, 15) is 4.79 Å². The topological polar surface area (TPSA) is 26.3 Å². The Kier molecular flexibility index (Phi) is 2.70. The maximum Gasteiger partial charge on any atom is 0.327 e. The fourth-order valence-corrected chi connectivity index (χ4v) is 2.12. The smallest absolute Gasteiger partial charge is 0.327 e. The van der Waals surface area contributed by atoms with Crippen molar-refractivity contribution in [1.29, 1.82) is 0 Å². The zero-order valence-corrected chi connectivity index (χ0v) is 9.33. The summed E-state index contributed by atoms with van der Waals surface area (Å²) in [5.74, 6) is -0.181. The van der Waals surface area contributed by atoms with E-state index in [1.165, 1.54) is 0 Å². The van der Waals surface area contributed by atoms with Crippen molar-refractivity contribution in [3.05, 3.63) is 35.9 Å². The molecule has 2 rings (SSSR count). The van der Waals surface area contributed by atoms with Gasteiger partial charge in [0.1, 0.15) is 4.87 Å². The zero-order chi connectivity index (χ0) is 10.9. The van der Waals surface area contributed by atoms with Crippen LogP contribution in [0.25, 0.3) is 0 Å². The predicted molar refractivity (Wildman–Crippen MR) is 59.0 cm³/mol. The molecule has 0 N–H and O–H groups in total. The van der Waals surface area contributed by atoms with Crippen LogP contribution >= 0.6 is 11.6 Å². The number of carbonyl (C=O) groups is 1. The third kappa shape index (κ3) is 1.86. The number of alkyl halides is 1. The fourth-order valence-electron chi connectivity index (χ4n) is 1.78. The van der Waals surface area contributed by atoms with Crippen molar-refractivity contribution < 1.29 is 9.53 Å². The minimum Gasteiger partial charge on any atom is -0.465 e. The van der Waals surface area contributed by atoms with Crippen LogP contribution in [0.3, 0.4) is 0 Å². The Morgan fingerprint density at radius 1 is 1.53 bits per heavy atom. The molecule has 15 heavy (non-hydrogen) atoms. The number of carbonyl (C=O) groups excluding carboxylic acids is 1. The van der Waals surface area contributed by atoms with Crippen LogP contribution in [0.1, 0.15) is 24.8 Å². The van der Waals surface area contributed by atoms with Crippen LogP contribution in [0.4, 0.5) is 0 Å². The molecule has 3 heteroatoms. The van der Waals surface area contributed by atoms with E-state index in [-0.39, 0.29) is 11.9 Å². The SMILES string of the molecule is CCOC(=O)[C@]1(Cl)C[C@H]1c1ccccc1. The lowest BCUT2D eigenvalue weighted by Crippen LogP contribution is -2.21. The van der Waals surface area contributed by atoms with Gasteiger partial charge in [-0.3, -0.25) is 4.79 Å². The van der Waals surface area contributed by atoms with Crippen LogP contribution < -0.4 is 0 Å². The van der Waals surface area contributed by atoms with Crippen LogP contribution in [0.2, 0.25) is 0 Å². The molecule has 1 aliphatic carbocycles. The van der Waals surface area contributed by atoms with Gasteiger partial charge in [0.15, 0.2) is 0 Å². The van der Waals surface area contributed by atoms with E-state index in [1.54, 1.807) is 6.92 Å². The number of hydrogen-bond donors (Lipinski definition) is 0. The molecule has 1 aromatic rings. The monoisotopic (exact) mass is 224 g/mol. The third-order valence-electron chi connectivity index (χ3n) is 2.71. The Morgan fingerprint density at radius 2 is 2.20 bits per heavy atom. The van der Waals surface area contributed by atoms with Gasteiger partial charge < -0.3 is 4.74 Å². The van der Waals surface area contributed by atoms with E-state index in [4.69, 9.17) is 16.3 Å². The fraction of sp³-hybridized carbons (Fsp3) is 0.417. The zero-order valence-electron chi connectivity index (χ0n) is 8.57.